The summed E-state index contributed by atoms with van der Waals surface area (Å²) in [5.41, 5.74) is -10.4. The molecule has 0 amide bonds. The first-order valence-electron chi connectivity index (χ1n) is 8.72. The van der Waals surface area contributed by atoms with Gasteiger partial charge in [0.15, 0.2) is 23.3 Å². The maximum atomic E-state index is 14.3. The van der Waals surface area contributed by atoms with Crippen LogP contribution in [0.25, 0.3) is 5.69 Å². The zero-order valence-corrected chi connectivity index (χ0v) is 18.0. The number of rotatable bonds is 3. The van der Waals surface area contributed by atoms with Crippen molar-refractivity contribution in [3.63, 3.8) is 0 Å². The minimum absolute atomic E-state index is 0. The van der Waals surface area contributed by atoms with Crippen LogP contribution in [0.15, 0.2) is 12.1 Å². The third-order valence-corrected chi connectivity index (χ3v) is 4.59. The summed E-state index contributed by atoms with van der Waals surface area (Å²) in [6.45, 7) is 0.812. The summed E-state index contributed by atoms with van der Waals surface area (Å²) in [5.74, 6) is -19.0. The summed E-state index contributed by atoms with van der Waals surface area (Å²) in [6.07, 6.45) is -11.4. The molecule has 0 atom stereocenters. The number of hydrogen-bond donors (Lipinski definition) is 1. The first-order valence-corrected chi connectivity index (χ1v) is 8.72. The van der Waals surface area contributed by atoms with E-state index in [2.05, 4.69) is 5.10 Å². The number of carbonyl (C=O) groups is 1. The standard InChI is InChI=1S/C19H6F12N2O2.Mn/c1-4-8(16(34)5-2-6(20)9(7(21)3-5)18(26,27)28)17(35)33(32-4)15-13(24)11(22)10(19(29,30)31)12(23)14(15)25;/h2-3,35H,1H3;. The Bertz CT molecular complexity index is 1330. The molecule has 0 fully saturated rings. The van der Waals surface area contributed by atoms with Crippen molar-refractivity contribution in [2.24, 2.45) is 0 Å². The molecule has 1 heterocycles. The number of aromatic nitrogens is 2. The normalized spacial score (nSPS) is 12.0. The first-order chi connectivity index (χ1) is 15.9. The van der Waals surface area contributed by atoms with E-state index in [4.69, 9.17) is 0 Å². The summed E-state index contributed by atoms with van der Waals surface area (Å²) >= 11 is 0. The average molecular weight is 577 g/mol. The number of ketones is 1. The third-order valence-electron chi connectivity index (χ3n) is 4.59. The molecule has 36 heavy (non-hydrogen) atoms. The SMILES string of the molecule is Cc1nn(-c2c(F)c(F)c(C(F)(F)F)c(F)c2F)c(O)c1C(=O)c1cc(F)c(C(F)(F)F)c(F)c1.[Mn]. The van der Waals surface area contributed by atoms with Gasteiger partial charge in [0.05, 0.1) is 5.69 Å². The van der Waals surface area contributed by atoms with Crippen molar-refractivity contribution >= 4 is 5.78 Å². The fourth-order valence-electron chi connectivity index (χ4n) is 3.11. The topological polar surface area (TPSA) is 55.1 Å². The van der Waals surface area contributed by atoms with Crippen molar-refractivity contribution in [3.05, 3.63) is 75.0 Å². The average Bonchev–Trinajstić information content (AvgIpc) is 2.97. The number of aryl methyl sites for hydroxylation is 1. The Morgan fingerprint density at radius 1 is 0.806 bits per heavy atom. The molecule has 4 nitrogen and oxygen atoms in total. The van der Waals surface area contributed by atoms with Gasteiger partial charge < -0.3 is 5.11 Å². The molecule has 3 aromatic rings. The minimum atomic E-state index is -5.88. The molecule has 0 bridgehead atoms. The van der Waals surface area contributed by atoms with Gasteiger partial charge in [0, 0.05) is 22.6 Å². The van der Waals surface area contributed by atoms with Gasteiger partial charge in [-0.1, -0.05) is 0 Å². The predicted octanol–water partition coefficient (Wildman–Crippen LogP) is 5.99. The van der Waals surface area contributed by atoms with Gasteiger partial charge in [-0.05, 0) is 19.1 Å². The fourth-order valence-corrected chi connectivity index (χ4v) is 3.11. The maximum Gasteiger partial charge on any atom is 0.422 e. The number of carbonyl (C=O) groups excluding carboxylic acids is 1. The Labute approximate surface area is 201 Å². The van der Waals surface area contributed by atoms with E-state index in [1.54, 1.807) is 0 Å². The summed E-state index contributed by atoms with van der Waals surface area (Å²) in [4.78, 5) is 12.6. The van der Waals surface area contributed by atoms with Gasteiger partial charge in [-0.3, -0.25) is 4.79 Å². The van der Waals surface area contributed by atoms with Gasteiger partial charge in [-0.15, -0.1) is 0 Å². The van der Waals surface area contributed by atoms with E-state index in [1.807, 2.05) is 0 Å². The molecule has 3 rings (SSSR count). The van der Waals surface area contributed by atoms with Crippen molar-refractivity contribution in [3.8, 4) is 11.6 Å². The molecule has 0 unspecified atom stereocenters. The molecule has 1 aromatic heterocycles. The summed E-state index contributed by atoms with van der Waals surface area (Å²) in [6, 6.07) is -0.161. The van der Waals surface area contributed by atoms with Gasteiger partial charge >= 0.3 is 12.4 Å². The van der Waals surface area contributed by atoms with E-state index in [9.17, 15) is 62.6 Å². The van der Waals surface area contributed by atoms with Gasteiger partial charge in [0.2, 0.25) is 11.7 Å². The number of aromatic hydroxyl groups is 1. The van der Waals surface area contributed by atoms with Crippen LogP contribution < -0.4 is 0 Å². The van der Waals surface area contributed by atoms with Gasteiger partial charge in [0.25, 0.3) is 0 Å². The van der Waals surface area contributed by atoms with Crippen LogP contribution in [0, 0.1) is 41.8 Å². The second-order valence-corrected chi connectivity index (χ2v) is 6.81. The van der Waals surface area contributed by atoms with Crippen LogP contribution in [0.2, 0.25) is 0 Å². The fraction of sp³-hybridized carbons (Fsp3) is 0.158. The second-order valence-electron chi connectivity index (χ2n) is 6.81. The van der Waals surface area contributed by atoms with Crippen LogP contribution in [-0.4, -0.2) is 20.7 Å². The second kappa shape index (κ2) is 9.35. The van der Waals surface area contributed by atoms with E-state index in [0.717, 1.165) is 6.92 Å². The van der Waals surface area contributed by atoms with E-state index in [0.29, 0.717) is 0 Å². The van der Waals surface area contributed by atoms with Crippen molar-refractivity contribution in [2.45, 2.75) is 19.3 Å². The van der Waals surface area contributed by atoms with Crippen molar-refractivity contribution in [2.75, 3.05) is 0 Å². The summed E-state index contributed by atoms with van der Waals surface area (Å²) in [5, 5.41) is 13.4. The van der Waals surface area contributed by atoms with E-state index >= 15 is 0 Å². The van der Waals surface area contributed by atoms with Crippen LogP contribution in [-0.2, 0) is 29.4 Å². The van der Waals surface area contributed by atoms with Gasteiger partial charge in [-0.25, -0.2) is 26.3 Å². The smallest absolute Gasteiger partial charge is 0.422 e. The molecule has 0 saturated carbocycles. The van der Waals surface area contributed by atoms with Gasteiger partial charge in [-0.2, -0.15) is 36.1 Å². The molecule has 0 aliphatic rings. The molecule has 1 N–H and O–H groups in total. The largest absolute Gasteiger partial charge is 0.493 e. The van der Waals surface area contributed by atoms with Crippen molar-refractivity contribution in [1.29, 1.82) is 0 Å². The molecular weight excluding hydrogens is 571 g/mol. The van der Waals surface area contributed by atoms with Crippen molar-refractivity contribution < 1.29 is 79.7 Å². The molecule has 195 valence electrons. The molecule has 1 radical (unpaired) electrons. The number of benzene rings is 2. The van der Waals surface area contributed by atoms with E-state index in [-0.39, 0.29) is 29.2 Å². The molecule has 0 saturated heterocycles. The molecule has 0 aliphatic heterocycles. The third kappa shape index (κ3) is 4.64. The van der Waals surface area contributed by atoms with Crippen molar-refractivity contribution in [1.82, 2.24) is 9.78 Å². The molecule has 0 spiro atoms. The van der Waals surface area contributed by atoms with Crippen LogP contribution in [0.5, 0.6) is 5.88 Å². The Morgan fingerprint density at radius 2 is 1.22 bits per heavy atom. The number of alkyl halides is 6. The number of halogens is 12. The molecule has 2 aromatic carbocycles. The number of nitrogens with zero attached hydrogens (tertiary/aromatic N) is 2. The first kappa shape index (κ1) is 29.0. The van der Waals surface area contributed by atoms with Crippen LogP contribution in [0.1, 0.15) is 32.7 Å². The molecular formula is C19H6F12MnN2O2. The van der Waals surface area contributed by atoms with Crippen LogP contribution >= 0.6 is 0 Å². The Hall–Kier alpha value is -3.20. The zero-order valence-electron chi connectivity index (χ0n) is 16.8. The zero-order chi connectivity index (χ0) is 26.8. The summed E-state index contributed by atoms with van der Waals surface area (Å²) < 4.78 is 160. The Balaban J connectivity index is 0.00000456. The van der Waals surface area contributed by atoms with E-state index in [1.165, 1.54) is 0 Å². The van der Waals surface area contributed by atoms with E-state index < -0.39 is 97.2 Å². The summed E-state index contributed by atoms with van der Waals surface area (Å²) in [7, 11) is 0. The molecule has 17 heteroatoms. The predicted molar refractivity (Wildman–Crippen MR) is 89.6 cm³/mol. The Kier molecular flexibility index (Phi) is 7.54. The Morgan fingerprint density at radius 3 is 1.61 bits per heavy atom. The van der Waals surface area contributed by atoms with Gasteiger partial charge in [0.1, 0.15) is 34.0 Å². The van der Waals surface area contributed by atoms with Crippen LogP contribution in [0.3, 0.4) is 0 Å². The quantitative estimate of drug-likeness (QED) is 0.180. The monoisotopic (exact) mass is 577 g/mol. The van der Waals surface area contributed by atoms with Crippen LogP contribution in [0.4, 0.5) is 52.7 Å². The number of hydrogen-bond acceptors (Lipinski definition) is 3. The molecule has 0 aliphatic carbocycles. The maximum absolute atomic E-state index is 14.3. The minimum Gasteiger partial charge on any atom is -0.493 e.